The molecule has 0 spiro atoms. The van der Waals surface area contributed by atoms with E-state index in [1.165, 1.54) is 5.56 Å². The van der Waals surface area contributed by atoms with Crippen molar-refractivity contribution in [2.45, 2.75) is 12.8 Å². The van der Waals surface area contributed by atoms with Gasteiger partial charge in [-0.05, 0) is 42.7 Å². The van der Waals surface area contributed by atoms with Gasteiger partial charge in [0.15, 0.2) is 5.75 Å². The highest BCUT2D eigenvalue weighted by atomic mass is 35.5. The van der Waals surface area contributed by atoms with E-state index < -0.39 is 0 Å². The first-order valence-corrected chi connectivity index (χ1v) is 6.89. The highest BCUT2D eigenvalue weighted by molar-refractivity contribution is 6.30. The number of nitriles is 1. The van der Waals surface area contributed by atoms with Crippen LogP contribution in [0.3, 0.4) is 0 Å². The van der Waals surface area contributed by atoms with Gasteiger partial charge in [-0.15, -0.1) is 0 Å². The van der Waals surface area contributed by atoms with Crippen LogP contribution in [0.15, 0.2) is 36.4 Å². The molecule has 0 bridgehead atoms. The van der Waals surface area contributed by atoms with Crippen molar-refractivity contribution in [3.8, 4) is 17.6 Å². The summed E-state index contributed by atoms with van der Waals surface area (Å²) in [6.07, 6.45) is 2.17. The maximum atomic E-state index is 9.16. The van der Waals surface area contributed by atoms with E-state index in [1.54, 1.807) is 18.2 Å². The van der Waals surface area contributed by atoms with Crippen molar-refractivity contribution < 1.29 is 4.74 Å². The molecule has 0 unspecified atom stereocenters. The number of hydrogen-bond donors (Lipinski definition) is 1. The first-order chi connectivity index (χ1) is 9.78. The Labute approximate surface area is 122 Å². The molecule has 0 aromatic heterocycles. The Hall–Kier alpha value is -2.18. The highest BCUT2D eigenvalue weighted by Crippen LogP contribution is 2.36. The fraction of sp³-hybridized carbons (Fsp3) is 0.188. The van der Waals surface area contributed by atoms with E-state index in [2.05, 4.69) is 17.5 Å². The number of aryl methyl sites for hydroxylation is 1. The van der Waals surface area contributed by atoms with E-state index in [-0.39, 0.29) is 0 Å². The van der Waals surface area contributed by atoms with Gasteiger partial charge in [0.05, 0.1) is 11.3 Å². The number of nitrogens with one attached hydrogen (secondary N) is 1. The summed E-state index contributed by atoms with van der Waals surface area (Å²) in [5, 5.41) is 13.1. The van der Waals surface area contributed by atoms with E-state index >= 15 is 0 Å². The molecule has 1 aliphatic rings. The smallest absolute Gasteiger partial charge is 0.150 e. The van der Waals surface area contributed by atoms with Crippen molar-refractivity contribution in [2.75, 3.05) is 11.9 Å². The summed E-state index contributed by atoms with van der Waals surface area (Å²) in [4.78, 5) is 0. The van der Waals surface area contributed by atoms with E-state index in [0.717, 1.165) is 30.8 Å². The van der Waals surface area contributed by atoms with E-state index in [4.69, 9.17) is 21.6 Å². The molecule has 4 heteroatoms. The zero-order valence-electron chi connectivity index (χ0n) is 10.8. The zero-order valence-corrected chi connectivity index (χ0v) is 11.6. The number of hydrogen-bond acceptors (Lipinski definition) is 3. The summed E-state index contributed by atoms with van der Waals surface area (Å²) in [5.41, 5.74) is 2.71. The van der Waals surface area contributed by atoms with Crippen molar-refractivity contribution in [3.63, 3.8) is 0 Å². The van der Waals surface area contributed by atoms with Crippen LogP contribution in [0, 0.1) is 11.3 Å². The molecule has 1 aliphatic heterocycles. The van der Waals surface area contributed by atoms with Crippen LogP contribution in [0.2, 0.25) is 5.02 Å². The monoisotopic (exact) mass is 284 g/mol. The Morgan fingerprint density at radius 1 is 1.20 bits per heavy atom. The summed E-state index contributed by atoms with van der Waals surface area (Å²) in [6, 6.07) is 13.1. The molecule has 0 atom stereocenters. The molecule has 1 N–H and O–H groups in total. The minimum absolute atomic E-state index is 0.436. The van der Waals surface area contributed by atoms with Gasteiger partial charge in [-0.2, -0.15) is 5.26 Å². The topological polar surface area (TPSA) is 45.0 Å². The molecule has 1 heterocycles. The van der Waals surface area contributed by atoms with Crippen LogP contribution < -0.4 is 10.1 Å². The third-order valence-electron chi connectivity index (χ3n) is 3.32. The molecular weight excluding hydrogens is 272 g/mol. The molecule has 3 nitrogen and oxygen atoms in total. The lowest BCUT2D eigenvalue weighted by Gasteiger charge is -2.21. The minimum Gasteiger partial charge on any atom is -0.454 e. The Bertz CT molecular complexity index is 691. The molecular formula is C16H13ClN2O. The number of anilines is 1. The standard InChI is InChI=1S/C16H13ClN2O/c17-13-6-7-14(12(9-13)10-18)20-15-5-1-3-11-4-2-8-19-16(11)15/h1,3,5-7,9,19H,2,4,8H2. The second-order valence-electron chi connectivity index (χ2n) is 4.67. The van der Waals surface area contributed by atoms with Crippen molar-refractivity contribution >= 4 is 17.3 Å². The van der Waals surface area contributed by atoms with Gasteiger partial charge in [-0.25, -0.2) is 0 Å². The molecule has 0 saturated heterocycles. The second kappa shape index (κ2) is 5.44. The molecule has 100 valence electrons. The van der Waals surface area contributed by atoms with Gasteiger partial charge in [-0.1, -0.05) is 23.7 Å². The largest absolute Gasteiger partial charge is 0.454 e. The predicted molar refractivity (Wildman–Crippen MR) is 79.5 cm³/mol. The summed E-state index contributed by atoms with van der Waals surface area (Å²) in [6.45, 7) is 0.944. The first-order valence-electron chi connectivity index (χ1n) is 6.51. The fourth-order valence-electron chi connectivity index (χ4n) is 2.36. The molecule has 0 amide bonds. The molecule has 0 saturated carbocycles. The first kappa shape index (κ1) is 12.8. The summed E-state index contributed by atoms with van der Waals surface area (Å²) in [5.74, 6) is 1.28. The molecule has 0 fully saturated rings. The SMILES string of the molecule is N#Cc1cc(Cl)ccc1Oc1cccc2c1NCCC2. The van der Waals surface area contributed by atoms with E-state index in [9.17, 15) is 0 Å². The quantitative estimate of drug-likeness (QED) is 0.891. The van der Waals surface area contributed by atoms with Crippen LogP contribution in [-0.4, -0.2) is 6.54 Å². The third-order valence-corrected chi connectivity index (χ3v) is 3.55. The minimum atomic E-state index is 0.436. The Kier molecular flexibility index (Phi) is 3.49. The molecule has 0 aliphatic carbocycles. The van der Waals surface area contributed by atoms with E-state index in [1.807, 2.05) is 12.1 Å². The number of fused-ring (bicyclic) bond motifs is 1. The molecule has 2 aromatic rings. The van der Waals surface area contributed by atoms with Gasteiger partial charge in [-0.3, -0.25) is 0 Å². The lowest BCUT2D eigenvalue weighted by molar-refractivity contribution is 0.481. The number of ether oxygens (including phenoxy) is 1. The van der Waals surface area contributed by atoms with Crippen molar-refractivity contribution in [2.24, 2.45) is 0 Å². The number of benzene rings is 2. The number of rotatable bonds is 2. The zero-order chi connectivity index (χ0) is 13.9. The number of para-hydroxylation sites is 1. The second-order valence-corrected chi connectivity index (χ2v) is 5.11. The molecule has 20 heavy (non-hydrogen) atoms. The van der Waals surface area contributed by atoms with Gasteiger partial charge in [0, 0.05) is 11.6 Å². The van der Waals surface area contributed by atoms with Gasteiger partial charge >= 0.3 is 0 Å². The van der Waals surface area contributed by atoms with Crippen LogP contribution >= 0.6 is 11.6 Å². The summed E-state index contributed by atoms with van der Waals surface area (Å²) >= 11 is 5.89. The van der Waals surface area contributed by atoms with Crippen molar-refractivity contribution in [1.82, 2.24) is 0 Å². The van der Waals surface area contributed by atoms with Crippen LogP contribution in [0.1, 0.15) is 17.5 Å². The Balaban J connectivity index is 1.98. The highest BCUT2D eigenvalue weighted by Gasteiger charge is 2.15. The molecule has 3 rings (SSSR count). The van der Waals surface area contributed by atoms with Crippen LogP contribution in [0.25, 0.3) is 0 Å². The van der Waals surface area contributed by atoms with Gasteiger partial charge < -0.3 is 10.1 Å². The van der Waals surface area contributed by atoms with Crippen LogP contribution in [0.5, 0.6) is 11.5 Å². The average Bonchev–Trinajstić information content (AvgIpc) is 2.49. The van der Waals surface area contributed by atoms with Gasteiger partial charge in [0.1, 0.15) is 11.8 Å². The summed E-state index contributed by atoms with van der Waals surface area (Å²) in [7, 11) is 0. The Morgan fingerprint density at radius 2 is 2.10 bits per heavy atom. The normalized spacial score (nSPS) is 13.0. The predicted octanol–water partition coefficient (Wildman–Crippen LogP) is 4.36. The third kappa shape index (κ3) is 2.43. The summed E-state index contributed by atoms with van der Waals surface area (Å²) < 4.78 is 5.91. The van der Waals surface area contributed by atoms with Gasteiger partial charge in [0.25, 0.3) is 0 Å². The lowest BCUT2D eigenvalue weighted by Crippen LogP contribution is -2.12. The number of nitrogens with zero attached hydrogens (tertiary/aromatic N) is 1. The van der Waals surface area contributed by atoms with Gasteiger partial charge in [0.2, 0.25) is 0 Å². The lowest BCUT2D eigenvalue weighted by atomic mass is 10.0. The maximum absolute atomic E-state index is 9.16. The van der Waals surface area contributed by atoms with Crippen LogP contribution in [-0.2, 0) is 6.42 Å². The average molecular weight is 285 g/mol. The Morgan fingerprint density at radius 3 is 2.95 bits per heavy atom. The van der Waals surface area contributed by atoms with E-state index in [0.29, 0.717) is 16.3 Å². The van der Waals surface area contributed by atoms with Crippen molar-refractivity contribution in [3.05, 3.63) is 52.5 Å². The van der Waals surface area contributed by atoms with Crippen LogP contribution in [0.4, 0.5) is 5.69 Å². The number of halogens is 1. The fourth-order valence-corrected chi connectivity index (χ4v) is 2.53. The molecule has 2 aromatic carbocycles. The van der Waals surface area contributed by atoms with Crippen molar-refractivity contribution in [1.29, 1.82) is 5.26 Å². The maximum Gasteiger partial charge on any atom is 0.150 e. The molecule has 0 radical (unpaired) electrons.